The molecular weight excluding hydrogens is 356 g/mol. The number of hydrogen-bond donors (Lipinski definition) is 2. The van der Waals surface area contributed by atoms with Crippen molar-refractivity contribution in [3.63, 3.8) is 0 Å². The maximum Gasteiger partial charge on any atom is 0.263 e. The summed E-state index contributed by atoms with van der Waals surface area (Å²) in [7, 11) is 0. The first-order chi connectivity index (χ1) is 13.4. The number of aliphatic hydroxyl groups excluding tert-OH is 1. The number of aryl methyl sites for hydroxylation is 2. The number of carbonyl (C=O) groups excluding carboxylic acids is 1. The van der Waals surface area contributed by atoms with Crippen LogP contribution in [0.3, 0.4) is 0 Å². The summed E-state index contributed by atoms with van der Waals surface area (Å²) < 4.78 is 7.21. The minimum Gasteiger partial charge on any atom is -0.461 e. The van der Waals surface area contributed by atoms with E-state index in [1.807, 2.05) is 25.1 Å². The fraction of sp³-hybridized carbons (Fsp3) is 0.364. The van der Waals surface area contributed by atoms with E-state index in [2.05, 4.69) is 5.32 Å². The van der Waals surface area contributed by atoms with Crippen molar-refractivity contribution in [2.24, 2.45) is 0 Å². The number of amides is 1. The normalized spacial score (nSPS) is 19.7. The molecule has 0 unspecified atom stereocenters. The third kappa shape index (κ3) is 3.47. The van der Waals surface area contributed by atoms with Crippen LogP contribution in [0.5, 0.6) is 0 Å². The van der Waals surface area contributed by atoms with Gasteiger partial charge >= 0.3 is 0 Å². The van der Waals surface area contributed by atoms with Gasteiger partial charge in [0.2, 0.25) is 0 Å². The Morgan fingerprint density at radius 2 is 1.89 bits per heavy atom. The smallest absolute Gasteiger partial charge is 0.263 e. The number of carbonyl (C=O) groups is 1. The molecule has 1 saturated carbocycles. The molecule has 4 rings (SSSR count). The number of fused-ring (bicyclic) bond motifs is 1. The van der Waals surface area contributed by atoms with Crippen molar-refractivity contribution < 1.29 is 14.3 Å². The van der Waals surface area contributed by atoms with Gasteiger partial charge < -0.3 is 19.4 Å². The molecule has 1 amide bonds. The van der Waals surface area contributed by atoms with Crippen molar-refractivity contribution in [1.29, 1.82) is 0 Å². The van der Waals surface area contributed by atoms with Gasteiger partial charge in [0.25, 0.3) is 11.5 Å². The van der Waals surface area contributed by atoms with Gasteiger partial charge in [-0.05, 0) is 75.4 Å². The molecule has 6 nitrogen and oxygen atoms in total. The molecule has 2 heterocycles. The molecule has 6 heteroatoms. The molecule has 2 aromatic heterocycles. The minimum atomic E-state index is -0.410. The Morgan fingerprint density at radius 3 is 2.64 bits per heavy atom. The van der Waals surface area contributed by atoms with Crippen LogP contribution < -0.4 is 10.9 Å². The molecule has 0 radical (unpaired) electrons. The number of aliphatic hydroxyl groups is 1. The van der Waals surface area contributed by atoms with Crippen LogP contribution in [0.25, 0.3) is 11.0 Å². The van der Waals surface area contributed by atoms with E-state index >= 15 is 0 Å². The topological polar surface area (TPSA) is 84.5 Å². The van der Waals surface area contributed by atoms with E-state index in [0.717, 1.165) is 29.6 Å². The number of benzene rings is 1. The number of nitrogens with one attached hydrogen (secondary N) is 1. The highest BCUT2D eigenvalue weighted by Crippen LogP contribution is 2.28. The van der Waals surface area contributed by atoms with Crippen molar-refractivity contribution >= 4 is 22.6 Å². The molecular formula is C22H24N2O4. The summed E-state index contributed by atoms with van der Waals surface area (Å²) in [5, 5.41) is 13.5. The van der Waals surface area contributed by atoms with Crippen molar-refractivity contribution in [1.82, 2.24) is 4.57 Å². The zero-order valence-electron chi connectivity index (χ0n) is 16.1. The van der Waals surface area contributed by atoms with Crippen molar-refractivity contribution in [3.8, 4) is 0 Å². The predicted octanol–water partition coefficient (Wildman–Crippen LogP) is 3.94. The van der Waals surface area contributed by atoms with Crippen LogP contribution in [0.4, 0.5) is 5.69 Å². The summed E-state index contributed by atoms with van der Waals surface area (Å²) in [6, 6.07) is 9.15. The Balaban J connectivity index is 1.62. The second-order valence-corrected chi connectivity index (χ2v) is 7.61. The highest BCUT2D eigenvalue weighted by atomic mass is 16.3. The SMILES string of the molecule is Cc1cc2cc(NC(=O)c3c(C)ccn(C4CCC(O)CC4)c3=O)ccc2o1. The minimum absolute atomic E-state index is 0.0216. The van der Waals surface area contributed by atoms with Crippen molar-refractivity contribution in [2.75, 3.05) is 5.32 Å². The molecule has 1 aliphatic carbocycles. The molecule has 28 heavy (non-hydrogen) atoms. The predicted molar refractivity (Wildman–Crippen MR) is 108 cm³/mol. The van der Waals surface area contributed by atoms with E-state index in [-0.39, 0.29) is 23.3 Å². The Kier molecular flexibility index (Phi) is 4.81. The summed E-state index contributed by atoms with van der Waals surface area (Å²) >= 11 is 0. The van der Waals surface area contributed by atoms with Gasteiger partial charge in [0.1, 0.15) is 16.9 Å². The molecule has 0 aliphatic heterocycles. The number of pyridine rings is 1. The molecule has 0 atom stereocenters. The number of furan rings is 1. The van der Waals surface area contributed by atoms with Crippen LogP contribution >= 0.6 is 0 Å². The van der Waals surface area contributed by atoms with Crippen LogP contribution in [0.15, 0.2) is 45.7 Å². The third-order valence-electron chi connectivity index (χ3n) is 5.51. The van der Waals surface area contributed by atoms with Crippen LogP contribution in [-0.2, 0) is 0 Å². The van der Waals surface area contributed by atoms with E-state index < -0.39 is 5.91 Å². The number of aromatic nitrogens is 1. The monoisotopic (exact) mass is 380 g/mol. The first-order valence-electron chi connectivity index (χ1n) is 9.64. The van der Waals surface area contributed by atoms with Crippen molar-refractivity contribution in [2.45, 2.75) is 51.7 Å². The number of rotatable bonds is 3. The van der Waals surface area contributed by atoms with E-state index in [1.54, 1.807) is 29.8 Å². The summed E-state index contributed by atoms with van der Waals surface area (Å²) in [4.78, 5) is 25.9. The largest absolute Gasteiger partial charge is 0.461 e. The van der Waals surface area contributed by atoms with Gasteiger partial charge in [0.05, 0.1) is 6.10 Å². The third-order valence-corrected chi connectivity index (χ3v) is 5.51. The van der Waals surface area contributed by atoms with Crippen LogP contribution in [0, 0.1) is 13.8 Å². The molecule has 3 aromatic rings. The van der Waals surface area contributed by atoms with Gasteiger partial charge in [0, 0.05) is 23.3 Å². The lowest BCUT2D eigenvalue weighted by molar-refractivity contribution is 0.101. The van der Waals surface area contributed by atoms with E-state index in [9.17, 15) is 14.7 Å². The summed E-state index contributed by atoms with van der Waals surface area (Å²) in [6.07, 6.45) is 4.30. The zero-order valence-corrected chi connectivity index (χ0v) is 16.1. The molecule has 1 fully saturated rings. The number of hydrogen-bond acceptors (Lipinski definition) is 4. The zero-order chi connectivity index (χ0) is 19.8. The molecule has 1 aromatic carbocycles. The summed E-state index contributed by atoms with van der Waals surface area (Å²) in [6.45, 7) is 3.65. The number of anilines is 1. The van der Waals surface area contributed by atoms with Gasteiger partial charge in [0.15, 0.2) is 0 Å². The van der Waals surface area contributed by atoms with Crippen LogP contribution in [0.2, 0.25) is 0 Å². The molecule has 1 aliphatic rings. The Labute approximate surface area is 162 Å². The van der Waals surface area contributed by atoms with E-state index in [4.69, 9.17) is 4.42 Å². The number of nitrogens with zero attached hydrogens (tertiary/aromatic N) is 1. The standard InChI is InChI=1S/C22H24N2O4/c1-13-9-10-24(17-4-6-18(25)7-5-17)22(27)20(13)21(26)23-16-3-8-19-15(12-16)11-14(2)28-19/h3,8-12,17-18,25H,4-7H2,1-2H3,(H,23,26). The second-order valence-electron chi connectivity index (χ2n) is 7.61. The Morgan fingerprint density at radius 1 is 1.14 bits per heavy atom. The lowest BCUT2D eigenvalue weighted by Gasteiger charge is -2.27. The average molecular weight is 380 g/mol. The molecule has 2 N–H and O–H groups in total. The van der Waals surface area contributed by atoms with Gasteiger partial charge in [-0.15, -0.1) is 0 Å². The lowest BCUT2D eigenvalue weighted by Crippen LogP contribution is -2.34. The van der Waals surface area contributed by atoms with Gasteiger partial charge in [-0.25, -0.2) is 0 Å². The highest BCUT2D eigenvalue weighted by Gasteiger charge is 2.24. The lowest BCUT2D eigenvalue weighted by atomic mass is 9.92. The molecule has 146 valence electrons. The first kappa shape index (κ1) is 18.5. The maximum atomic E-state index is 13.0. The van der Waals surface area contributed by atoms with E-state index in [0.29, 0.717) is 24.1 Å². The van der Waals surface area contributed by atoms with Crippen molar-refractivity contribution in [3.05, 3.63) is 63.8 Å². The highest BCUT2D eigenvalue weighted by molar-refractivity contribution is 6.05. The van der Waals surface area contributed by atoms with Gasteiger partial charge in [-0.3, -0.25) is 9.59 Å². The fourth-order valence-corrected chi connectivity index (χ4v) is 3.99. The maximum absolute atomic E-state index is 13.0. The summed E-state index contributed by atoms with van der Waals surface area (Å²) in [5.74, 6) is 0.394. The first-order valence-corrected chi connectivity index (χ1v) is 9.64. The average Bonchev–Trinajstić information content (AvgIpc) is 3.02. The molecule has 0 spiro atoms. The molecule has 0 bridgehead atoms. The Hall–Kier alpha value is -2.86. The quantitative estimate of drug-likeness (QED) is 0.721. The fourth-order valence-electron chi connectivity index (χ4n) is 3.99. The summed E-state index contributed by atoms with van der Waals surface area (Å²) in [5.41, 5.74) is 1.91. The van der Waals surface area contributed by atoms with E-state index in [1.165, 1.54) is 0 Å². The van der Waals surface area contributed by atoms with Gasteiger partial charge in [-0.1, -0.05) is 0 Å². The van der Waals surface area contributed by atoms with Crippen LogP contribution in [0.1, 0.15) is 53.4 Å². The second kappa shape index (κ2) is 7.28. The van der Waals surface area contributed by atoms with Gasteiger partial charge in [-0.2, -0.15) is 0 Å². The van der Waals surface area contributed by atoms with Crippen LogP contribution in [-0.4, -0.2) is 21.7 Å². The Bertz CT molecular complexity index is 1090. The molecule has 0 saturated heterocycles.